The quantitative estimate of drug-likeness (QED) is 0.611. The molecule has 0 spiro atoms. The first kappa shape index (κ1) is 11.4. The Morgan fingerprint density at radius 1 is 1.67 bits per heavy atom. The van der Waals surface area contributed by atoms with Crippen molar-refractivity contribution in [2.45, 2.75) is 0 Å². The number of nitrogens with two attached hydrogens (primary N) is 1. The van der Waals surface area contributed by atoms with E-state index in [4.69, 9.17) is 23.8 Å². The lowest BCUT2D eigenvalue weighted by Crippen LogP contribution is -2.27. The Hall–Kier alpha value is -1.66. The van der Waals surface area contributed by atoms with E-state index in [-0.39, 0.29) is 12.5 Å². The molecule has 0 aliphatic carbocycles. The number of anilines is 1. The summed E-state index contributed by atoms with van der Waals surface area (Å²) in [6.07, 6.45) is 5.11. The summed E-state index contributed by atoms with van der Waals surface area (Å²) in [5.74, 6) is 2.18. The number of amides is 1. The molecule has 0 aromatic heterocycles. The molecule has 0 bridgehead atoms. The number of nitrogens with zero attached hydrogens (tertiary/aromatic N) is 1. The Morgan fingerprint density at radius 2 is 2.33 bits per heavy atom. The Bertz CT molecular complexity index is 423. The van der Waals surface area contributed by atoms with Crippen molar-refractivity contribution in [2.24, 2.45) is 0 Å². The van der Waals surface area contributed by atoms with Crippen LogP contribution in [0.1, 0.15) is 10.4 Å². The van der Waals surface area contributed by atoms with E-state index in [1.807, 2.05) is 0 Å². The summed E-state index contributed by atoms with van der Waals surface area (Å²) in [6.45, 7) is 0.250. The molecule has 1 aromatic rings. The lowest BCUT2D eigenvalue weighted by molar-refractivity contribution is 0.0813. The van der Waals surface area contributed by atoms with E-state index in [0.717, 1.165) is 0 Å². The zero-order valence-corrected chi connectivity index (χ0v) is 9.08. The van der Waals surface area contributed by atoms with E-state index in [1.54, 1.807) is 25.2 Å². The van der Waals surface area contributed by atoms with Gasteiger partial charge in [0.05, 0.1) is 17.1 Å². The molecule has 3 nitrogen and oxygen atoms in total. The largest absolute Gasteiger partial charge is 0.399 e. The topological polar surface area (TPSA) is 46.3 Å². The van der Waals surface area contributed by atoms with Gasteiger partial charge in [0.25, 0.3) is 5.91 Å². The molecule has 0 heterocycles. The van der Waals surface area contributed by atoms with Crippen molar-refractivity contribution in [3.05, 3.63) is 28.8 Å². The zero-order valence-electron chi connectivity index (χ0n) is 8.33. The van der Waals surface area contributed by atoms with Gasteiger partial charge >= 0.3 is 0 Å². The highest BCUT2D eigenvalue weighted by Gasteiger charge is 2.13. The maximum atomic E-state index is 11.8. The third-order valence-electron chi connectivity index (χ3n) is 1.90. The smallest absolute Gasteiger partial charge is 0.255 e. The van der Waals surface area contributed by atoms with E-state index < -0.39 is 0 Å². The Balaban J connectivity index is 2.97. The van der Waals surface area contributed by atoms with Crippen LogP contribution in [0.4, 0.5) is 5.69 Å². The molecule has 1 rings (SSSR count). The van der Waals surface area contributed by atoms with Crippen molar-refractivity contribution in [1.29, 1.82) is 0 Å². The second-order valence-corrected chi connectivity index (χ2v) is 3.51. The van der Waals surface area contributed by atoms with E-state index in [2.05, 4.69) is 5.92 Å². The van der Waals surface area contributed by atoms with Crippen LogP contribution in [-0.4, -0.2) is 24.4 Å². The molecule has 0 saturated carbocycles. The first-order valence-electron chi connectivity index (χ1n) is 4.30. The van der Waals surface area contributed by atoms with Crippen LogP contribution in [-0.2, 0) is 0 Å². The predicted octanol–water partition coefficient (Wildman–Crippen LogP) is 1.63. The molecule has 0 aliphatic rings. The summed E-state index contributed by atoms with van der Waals surface area (Å²) in [6, 6.07) is 4.76. The summed E-state index contributed by atoms with van der Waals surface area (Å²) >= 11 is 5.89. The zero-order chi connectivity index (χ0) is 11.4. The number of rotatable bonds is 2. The van der Waals surface area contributed by atoms with Gasteiger partial charge in [-0.15, -0.1) is 6.42 Å². The van der Waals surface area contributed by atoms with Crippen molar-refractivity contribution < 1.29 is 4.79 Å². The first-order valence-corrected chi connectivity index (χ1v) is 4.68. The first-order chi connectivity index (χ1) is 7.06. The molecule has 0 radical (unpaired) electrons. The Kier molecular flexibility index (Phi) is 3.59. The van der Waals surface area contributed by atoms with Gasteiger partial charge in [-0.3, -0.25) is 4.79 Å². The van der Waals surface area contributed by atoms with Gasteiger partial charge in [-0.2, -0.15) is 0 Å². The fourth-order valence-electron chi connectivity index (χ4n) is 1.12. The van der Waals surface area contributed by atoms with Crippen LogP contribution in [0.15, 0.2) is 18.2 Å². The SMILES string of the molecule is C#CCN(C)C(=O)c1ccc(N)cc1Cl. The lowest BCUT2D eigenvalue weighted by Gasteiger charge is -2.14. The van der Waals surface area contributed by atoms with Gasteiger partial charge in [0.1, 0.15) is 0 Å². The van der Waals surface area contributed by atoms with E-state index in [0.29, 0.717) is 16.3 Å². The highest BCUT2D eigenvalue weighted by Crippen LogP contribution is 2.20. The molecule has 1 aromatic carbocycles. The van der Waals surface area contributed by atoms with Crippen LogP contribution in [0.3, 0.4) is 0 Å². The molecule has 4 heteroatoms. The van der Waals surface area contributed by atoms with Gasteiger partial charge in [-0.1, -0.05) is 17.5 Å². The van der Waals surface area contributed by atoms with E-state index >= 15 is 0 Å². The van der Waals surface area contributed by atoms with Crippen LogP contribution in [0.25, 0.3) is 0 Å². The molecule has 2 N–H and O–H groups in total. The molecule has 0 saturated heterocycles. The number of benzene rings is 1. The van der Waals surface area contributed by atoms with Gasteiger partial charge in [0, 0.05) is 12.7 Å². The number of halogens is 1. The second kappa shape index (κ2) is 4.72. The summed E-state index contributed by atoms with van der Waals surface area (Å²) in [4.78, 5) is 13.2. The molecule has 0 atom stereocenters. The Labute approximate surface area is 93.8 Å². The summed E-state index contributed by atoms with van der Waals surface area (Å²) in [5, 5.41) is 0.337. The number of nitrogen functional groups attached to an aromatic ring is 1. The van der Waals surface area contributed by atoms with Crippen molar-refractivity contribution >= 4 is 23.2 Å². The second-order valence-electron chi connectivity index (χ2n) is 3.10. The molecular weight excluding hydrogens is 212 g/mol. The number of carbonyl (C=O) groups is 1. The van der Waals surface area contributed by atoms with Crippen LogP contribution < -0.4 is 5.73 Å². The normalized spacial score (nSPS) is 9.40. The third-order valence-corrected chi connectivity index (χ3v) is 2.21. The minimum atomic E-state index is -0.210. The maximum Gasteiger partial charge on any atom is 0.255 e. The standard InChI is InChI=1S/C11H11ClN2O/c1-3-6-14(2)11(15)9-5-4-8(13)7-10(9)12/h1,4-5,7H,6,13H2,2H3. The molecular formula is C11H11ClN2O. The van der Waals surface area contributed by atoms with Crippen LogP contribution in [0.2, 0.25) is 5.02 Å². The number of terminal acetylenes is 1. The average molecular weight is 223 g/mol. The minimum absolute atomic E-state index is 0.210. The molecule has 0 aliphatic heterocycles. The third kappa shape index (κ3) is 2.64. The van der Waals surface area contributed by atoms with Crippen LogP contribution in [0.5, 0.6) is 0 Å². The number of carbonyl (C=O) groups excluding carboxylic acids is 1. The highest BCUT2D eigenvalue weighted by atomic mass is 35.5. The summed E-state index contributed by atoms with van der Waals surface area (Å²) in [5.41, 5.74) is 6.45. The molecule has 15 heavy (non-hydrogen) atoms. The van der Waals surface area contributed by atoms with Crippen molar-refractivity contribution in [3.8, 4) is 12.3 Å². The van der Waals surface area contributed by atoms with Crippen molar-refractivity contribution in [1.82, 2.24) is 4.90 Å². The average Bonchev–Trinajstić information content (AvgIpc) is 2.17. The monoisotopic (exact) mass is 222 g/mol. The van der Waals surface area contributed by atoms with Crippen LogP contribution >= 0.6 is 11.6 Å². The number of hydrogen-bond donors (Lipinski definition) is 1. The van der Waals surface area contributed by atoms with Crippen molar-refractivity contribution in [2.75, 3.05) is 19.3 Å². The highest BCUT2D eigenvalue weighted by molar-refractivity contribution is 6.34. The Morgan fingerprint density at radius 3 is 2.87 bits per heavy atom. The van der Waals surface area contributed by atoms with Gasteiger partial charge in [0.2, 0.25) is 0 Å². The summed E-state index contributed by atoms with van der Waals surface area (Å²) < 4.78 is 0. The lowest BCUT2D eigenvalue weighted by atomic mass is 10.2. The molecule has 1 amide bonds. The van der Waals surface area contributed by atoms with E-state index in [1.165, 1.54) is 4.90 Å². The molecule has 0 fully saturated rings. The fraction of sp³-hybridized carbons (Fsp3) is 0.182. The van der Waals surface area contributed by atoms with E-state index in [9.17, 15) is 4.79 Å². The van der Waals surface area contributed by atoms with Crippen LogP contribution in [0, 0.1) is 12.3 Å². The molecule has 78 valence electrons. The van der Waals surface area contributed by atoms with Gasteiger partial charge < -0.3 is 10.6 Å². The minimum Gasteiger partial charge on any atom is -0.399 e. The van der Waals surface area contributed by atoms with Crippen molar-refractivity contribution in [3.63, 3.8) is 0 Å². The number of hydrogen-bond acceptors (Lipinski definition) is 2. The molecule has 0 unspecified atom stereocenters. The maximum absolute atomic E-state index is 11.8. The van der Waals surface area contributed by atoms with Gasteiger partial charge in [0.15, 0.2) is 0 Å². The predicted molar refractivity (Wildman–Crippen MR) is 61.7 cm³/mol. The fourth-order valence-corrected chi connectivity index (χ4v) is 1.39. The summed E-state index contributed by atoms with van der Waals surface area (Å²) in [7, 11) is 1.62. The van der Waals surface area contributed by atoms with Gasteiger partial charge in [-0.05, 0) is 18.2 Å². The van der Waals surface area contributed by atoms with Gasteiger partial charge in [-0.25, -0.2) is 0 Å².